The van der Waals surface area contributed by atoms with E-state index in [2.05, 4.69) is 10.3 Å². The number of nitrogens with one attached hydrogen (secondary N) is 1. The Hall–Kier alpha value is -3.38. The number of amides is 1. The number of fused-ring (bicyclic) bond motifs is 1. The van der Waals surface area contributed by atoms with Crippen LogP contribution >= 0.6 is 11.3 Å². The van der Waals surface area contributed by atoms with Crippen molar-refractivity contribution in [1.82, 2.24) is 4.98 Å². The summed E-state index contributed by atoms with van der Waals surface area (Å²) in [6, 6.07) is 15.5. The van der Waals surface area contributed by atoms with Gasteiger partial charge in [0.1, 0.15) is 11.5 Å². The van der Waals surface area contributed by atoms with Crippen molar-refractivity contribution in [3.8, 4) is 11.5 Å². The number of aryl methyl sites for hydroxylation is 1. The Morgan fingerprint density at radius 2 is 1.97 bits per heavy atom. The van der Waals surface area contributed by atoms with Gasteiger partial charge in [0.2, 0.25) is 0 Å². The molecule has 1 aliphatic rings. The quantitative estimate of drug-likeness (QED) is 0.652. The molecule has 3 aromatic rings. The number of nitrogens with zero attached hydrogens (tertiary/aromatic N) is 1. The number of aromatic nitrogens is 1. The first kappa shape index (κ1) is 19.0. The predicted octanol–water partition coefficient (Wildman–Crippen LogP) is 4.98. The summed E-state index contributed by atoms with van der Waals surface area (Å²) >= 11 is 1.49. The molecular weight excluding hydrogens is 384 g/mol. The van der Waals surface area contributed by atoms with Gasteiger partial charge in [-0.1, -0.05) is 30.3 Å². The third kappa shape index (κ3) is 4.38. The van der Waals surface area contributed by atoms with Crippen molar-refractivity contribution in [2.24, 2.45) is 0 Å². The number of ether oxygens (including phenoxy) is 2. The van der Waals surface area contributed by atoms with Gasteiger partial charge in [-0.05, 0) is 42.8 Å². The van der Waals surface area contributed by atoms with Gasteiger partial charge in [0.15, 0.2) is 5.13 Å². The van der Waals surface area contributed by atoms with E-state index >= 15 is 0 Å². The summed E-state index contributed by atoms with van der Waals surface area (Å²) in [6.45, 7) is 1.96. The summed E-state index contributed by atoms with van der Waals surface area (Å²) in [4.78, 5) is 18.4. The first-order valence-electron chi connectivity index (χ1n) is 9.17. The van der Waals surface area contributed by atoms with Crippen molar-refractivity contribution in [3.63, 3.8) is 0 Å². The molecule has 1 amide bonds. The second-order valence-electron chi connectivity index (χ2n) is 6.56. The van der Waals surface area contributed by atoms with E-state index < -0.39 is 0 Å². The summed E-state index contributed by atoms with van der Waals surface area (Å²) in [5.41, 5.74) is 3.46. The monoisotopic (exact) mass is 404 g/mol. The zero-order valence-corrected chi connectivity index (χ0v) is 17.0. The van der Waals surface area contributed by atoms with Crippen LogP contribution in [0.25, 0.3) is 6.08 Å². The summed E-state index contributed by atoms with van der Waals surface area (Å²) in [6.07, 6.45) is 5.76. The molecule has 2 aromatic carbocycles. The van der Waals surface area contributed by atoms with Crippen LogP contribution in [0.4, 0.5) is 5.13 Å². The Bertz CT molecular complexity index is 1100. The summed E-state index contributed by atoms with van der Waals surface area (Å²) in [5, 5.41) is 3.50. The number of para-hydroxylation sites is 1. The van der Waals surface area contributed by atoms with Crippen LogP contribution in [0.3, 0.4) is 0 Å². The maximum atomic E-state index is 12.7. The largest absolute Gasteiger partial charge is 0.497 e. The van der Waals surface area contributed by atoms with Gasteiger partial charge < -0.3 is 9.47 Å². The Balaban J connectivity index is 1.49. The van der Waals surface area contributed by atoms with Gasteiger partial charge >= 0.3 is 0 Å². The van der Waals surface area contributed by atoms with Crippen LogP contribution in [0.2, 0.25) is 0 Å². The van der Waals surface area contributed by atoms with Gasteiger partial charge in [-0.2, -0.15) is 0 Å². The fourth-order valence-corrected chi connectivity index (χ4v) is 3.98. The molecular formula is C23H20N2O3S. The number of hydrogen-bond acceptors (Lipinski definition) is 5. The van der Waals surface area contributed by atoms with E-state index in [1.807, 2.05) is 61.5 Å². The summed E-state index contributed by atoms with van der Waals surface area (Å²) < 4.78 is 10.8. The van der Waals surface area contributed by atoms with Gasteiger partial charge in [-0.25, -0.2) is 4.98 Å². The molecule has 0 bridgehead atoms. The van der Waals surface area contributed by atoms with Gasteiger partial charge in [0.25, 0.3) is 5.91 Å². The molecule has 0 saturated heterocycles. The second kappa shape index (κ2) is 8.32. The van der Waals surface area contributed by atoms with Crippen LogP contribution in [0.5, 0.6) is 11.5 Å². The fourth-order valence-electron chi connectivity index (χ4n) is 2.99. The van der Waals surface area contributed by atoms with Crippen LogP contribution < -0.4 is 14.8 Å². The third-order valence-electron chi connectivity index (χ3n) is 4.57. The highest BCUT2D eigenvalue weighted by atomic mass is 32.1. The molecule has 0 saturated carbocycles. The number of methoxy groups -OCH3 is 1. The van der Waals surface area contributed by atoms with Gasteiger partial charge in [-0.3, -0.25) is 10.1 Å². The topological polar surface area (TPSA) is 60.5 Å². The molecule has 2 heterocycles. The first-order chi connectivity index (χ1) is 14.1. The number of thiazole rings is 1. The average Bonchev–Trinajstić information content (AvgIpc) is 2.94. The molecule has 1 aliphatic heterocycles. The van der Waals surface area contributed by atoms with Crippen LogP contribution in [-0.2, 0) is 11.2 Å². The standard InChI is InChI=1S/C23H20N2O3S/c1-15-21(13-16-7-9-19(27-2)10-8-16)29-23(24-15)25-22(26)18-11-12-28-20-6-4-3-5-17(20)14-18/h3-12,14H,13H2,1-2H3,(H,24,25,26). The smallest absolute Gasteiger partial charge is 0.257 e. The molecule has 4 rings (SSSR count). The van der Waals surface area contributed by atoms with Crippen molar-refractivity contribution < 1.29 is 14.3 Å². The summed E-state index contributed by atoms with van der Waals surface area (Å²) in [7, 11) is 1.65. The molecule has 0 atom stereocenters. The van der Waals surface area contributed by atoms with Crippen LogP contribution in [-0.4, -0.2) is 18.0 Å². The molecule has 6 heteroatoms. The number of benzene rings is 2. The van der Waals surface area contributed by atoms with Crippen molar-refractivity contribution in [3.05, 3.63) is 88.1 Å². The van der Waals surface area contributed by atoms with Crippen molar-refractivity contribution in [1.29, 1.82) is 0 Å². The van der Waals surface area contributed by atoms with E-state index in [-0.39, 0.29) is 5.91 Å². The molecule has 0 fully saturated rings. The van der Waals surface area contributed by atoms with Crippen molar-refractivity contribution >= 4 is 28.5 Å². The molecule has 0 spiro atoms. The molecule has 1 aromatic heterocycles. The van der Waals surface area contributed by atoms with Gasteiger partial charge in [0.05, 0.1) is 19.1 Å². The minimum atomic E-state index is -0.216. The number of carbonyl (C=O) groups excluding carboxylic acids is 1. The number of hydrogen-bond donors (Lipinski definition) is 1. The van der Waals surface area contributed by atoms with Crippen LogP contribution in [0.15, 0.2) is 66.4 Å². The Morgan fingerprint density at radius 3 is 2.76 bits per heavy atom. The van der Waals surface area contributed by atoms with Crippen LogP contribution in [0, 0.1) is 6.92 Å². The molecule has 0 radical (unpaired) electrons. The molecule has 0 aliphatic carbocycles. The molecule has 29 heavy (non-hydrogen) atoms. The Labute approximate surface area is 173 Å². The van der Waals surface area contributed by atoms with E-state index in [0.717, 1.165) is 34.1 Å². The highest BCUT2D eigenvalue weighted by molar-refractivity contribution is 7.15. The van der Waals surface area contributed by atoms with E-state index in [9.17, 15) is 4.79 Å². The number of anilines is 1. The zero-order valence-electron chi connectivity index (χ0n) is 16.1. The number of carbonyl (C=O) groups is 1. The average molecular weight is 404 g/mol. The third-order valence-corrected chi connectivity index (χ3v) is 5.64. The normalized spacial score (nSPS) is 12.4. The first-order valence-corrected chi connectivity index (χ1v) is 9.98. The van der Waals surface area contributed by atoms with E-state index in [1.54, 1.807) is 13.2 Å². The van der Waals surface area contributed by atoms with Crippen molar-refractivity contribution in [2.75, 3.05) is 12.4 Å². The van der Waals surface area contributed by atoms with Gasteiger partial charge in [-0.15, -0.1) is 11.3 Å². The SMILES string of the molecule is COc1ccc(Cc2sc(NC(=O)C3=Cc4ccccc4OC=C3)nc2C)cc1. The lowest BCUT2D eigenvalue weighted by Crippen LogP contribution is -2.12. The predicted molar refractivity (Wildman–Crippen MR) is 115 cm³/mol. The minimum absolute atomic E-state index is 0.216. The molecule has 146 valence electrons. The molecule has 5 nitrogen and oxygen atoms in total. The molecule has 1 N–H and O–H groups in total. The fraction of sp³-hybridized carbons (Fsp3) is 0.130. The Morgan fingerprint density at radius 1 is 1.17 bits per heavy atom. The van der Waals surface area contributed by atoms with Gasteiger partial charge in [0, 0.05) is 22.4 Å². The maximum Gasteiger partial charge on any atom is 0.257 e. The Kier molecular flexibility index (Phi) is 5.44. The lowest BCUT2D eigenvalue weighted by atomic mass is 10.1. The lowest BCUT2D eigenvalue weighted by molar-refractivity contribution is -0.112. The maximum absolute atomic E-state index is 12.7. The van der Waals surface area contributed by atoms with E-state index in [0.29, 0.717) is 10.7 Å². The highest BCUT2D eigenvalue weighted by Crippen LogP contribution is 2.28. The minimum Gasteiger partial charge on any atom is -0.497 e. The zero-order chi connectivity index (χ0) is 20.2. The van der Waals surface area contributed by atoms with E-state index in [1.165, 1.54) is 23.2 Å². The lowest BCUT2D eigenvalue weighted by Gasteiger charge is -2.03. The number of rotatable bonds is 5. The van der Waals surface area contributed by atoms with Crippen LogP contribution in [0.1, 0.15) is 21.7 Å². The second-order valence-corrected chi connectivity index (χ2v) is 7.65. The molecule has 0 unspecified atom stereocenters. The van der Waals surface area contributed by atoms with E-state index in [4.69, 9.17) is 9.47 Å². The summed E-state index contributed by atoms with van der Waals surface area (Å²) in [5.74, 6) is 1.34. The highest BCUT2D eigenvalue weighted by Gasteiger charge is 2.15. The van der Waals surface area contributed by atoms with Crippen molar-refractivity contribution in [2.45, 2.75) is 13.3 Å².